The molecule has 2 heterocycles. The van der Waals surface area contributed by atoms with E-state index < -0.39 is 5.51 Å². The molecule has 1 N–H and O–H groups in total. The van der Waals surface area contributed by atoms with Gasteiger partial charge in [-0.3, -0.25) is 0 Å². The zero-order chi connectivity index (χ0) is 13.1. The molecule has 0 aromatic carbocycles. The minimum atomic E-state index is -4.16. The van der Waals surface area contributed by atoms with E-state index in [0.717, 1.165) is 32.4 Å². The lowest BCUT2D eigenvalue weighted by Gasteiger charge is -2.32. The molecule has 3 nitrogen and oxygen atoms in total. The third-order valence-electron chi connectivity index (χ3n) is 3.39. The van der Waals surface area contributed by atoms with Crippen molar-refractivity contribution in [3.63, 3.8) is 0 Å². The molecule has 7 heteroatoms. The lowest BCUT2D eigenvalue weighted by molar-refractivity contribution is -0.0335. The van der Waals surface area contributed by atoms with Crippen molar-refractivity contribution in [1.29, 1.82) is 0 Å². The number of thioether (sulfide) groups is 1. The first-order chi connectivity index (χ1) is 8.49. The summed E-state index contributed by atoms with van der Waals surface area (Å²) in [5.74, 6) is -0.0471. The minimum Gasteiger partial charge on any atom is -0.375 e. The molecule has 1 unspecified atom stereocenters. The number of rotatable bonds is 4. The van der Waals surface area contributed by atoms with Crippen LogP contribution in [0.4, 0.5) is 13.2 Å². The number of nitrogens with one attached hydrogen (secondary N) is 1. The predicted octanol–water partition coefficient (Wildman–Crippen LogP) is 2.17. The van der Waals surface area contributed by atoms with Crippen LogP contribution in [-0.2, 0) is 9.47 Å². The predicted molar refractivity (Wildman–Crippen MR) is 63.7 cm³/mol. The monoisotopic (exact) mass is 285 g/mol. The highest BCUT2D eigenvalue weighted by atomic mass is 32.2. The Kier molecular flexibility index (Phi) is 4.80. The molecule has 2 aliphatic heterocycles. The standard InChI is InChI=1S/C11H18F3NO2S/c12-11(13,14)18-6-5-16-9-7-10(17-8-9)1-3-15-4-2-10/h9,15H,1-8H2. The Labute approximate surface area is 109 Å². The zero-order valence-corrected chi connectivity index (χ0v) is 10.9. The maximum absolute atomic E-state index is 11.9. The SMILES string of the molecule is FC(F)(F)SCCOC1COC2(CCNCC2)C1. The summed E-state index contributed by atoms with van der Waals surface area (Å²) >= 11 is -0.0318. The first kappa shape index (κ1) is 14.4. The quantitative estimate of drug-likeness (QED) is 0.802. The van der Waals surface area contributed by atoms with Gasteiger partial charge >= 0.3 is 5.51 Å². The van der Waals surface area contributed by atoms with Crippen molar-refractivity contribution in [3.05, 3.63) is 0 Å². The molecule has 0 amide bonds. The number of hydrogen-bond donors (Lipinski definition) is 1. The van der Waals surface area contributed by atoms with Crippen molar-refractivity contribution in [2.75, 3.05) is 32.1 Å². The first-order valence-electron chi connectivity index (χ1n) is 6.16. The average molecular weight is 285 g/mol. The van der Waals surface area contributed by atoms with Crippen molar-refractivity contribution in [3.8, 4) is 0 Å². The van der Waals surface area contributed by atoms with Gasteiger partial charge in [0.05, 0.1) is 24.9 Å². The number of hydrogen-bond acceptors (Lipinski definition) is 4. The van der Waals surface area contributed by atoms with Gasteiger partial charge in [-0.1, -0.05) is 0 Å². The van der Waals surface area contributed by atoms with E-state index in [1.807, 2.05) is 0 Å². The maximum atomic E-state index is 11.9. The Morgan fingerprint density at radius 1 is 1.33 bits per heavy atom. The van der Waals surface area contributed by atoms with Crippen LogP contribution >= 0.6 is 11.8 Å². The van der Waals surface area contributed by atoms with Gasteiger partial charge in [0, 0.05) is 12.2 Å². The Balaban J connectivity index is 1.64. The van der Waals surface area contributed by atoms with Crippen molar-refractivity contribution < 1.29 is 22.6 Å². The number of ether oxygens (including phenoxy) is 2. The molecule has 0 bridgehead atoms. The average Bonchev–Trinajstić information content (AvgIpc) is 2.68. The van der Waals surface area contributed by atoms with Crippen molar-refractivity contribution in [2.24, 2.45) is 0 Å². The van der Waals surface area contributed by atoms with Crippen LogP contribution in [-0.4, -0.2) is 49.3 Å². The van der Waals surface area contributed by atoms with E-state index in [0.29, 0.717) is 6.61 Å². The molecule has 0 aromatic rings. The summed E-state index contributed by atoms with van der Waals surface area (Å²) in [6.45, 7) is 2.52. The summed E-state index contributed by atoms with van der Waals surface area (Å²) in [6, 6.07) is 0. The summed E-state index contributed by atoms with van der Waals surface area (Å²) in [7, 11) is 0. The van der Waals surface area contributed by atoms with Crippen LogP contribution in [0.1, 0.15) is 19.3 Å². The Hall–Kier alpha value is 0.0200. The van der Waals surface area contributed by atoms with Crippen LogP contribution in [0.3, 0.4) is 0 Å². The summed E-state index contributed by atoms with van der Waals surface area (Å²) < 4.78 is 47.0. The largest absolute Gasteiger partial charge is 0.441 e. The lowest BCUT2D eigenvalue weighted by atomic mass is 9.89. The van der Waals surface area contributed by atoms with Gasteiger partial charge in [-0.25, -0.2) is 0 Å². The third kappa shape index (κ3) is 4.29. The van der Waals surface area contributed by atoms with Gasteiger partial charge in [-0.05, 0) is 37.7 Å². The van der Waals surface area contributed by atoms with Crippen LogP contribution in [0.2, 0.25) is 0 Å². The van der Waals surface area contributed by atoms with Crippen LogP contribution in [0, 0.1) is 0 Å². The first-order valence-corrected chi connectivity index (χ1v) is 7.15. The van der Waals surface area contributed by atoms with Gasteiger partial charge in [0.1, 0.15) is 0 Å². The van der Waals surface area contributed by atoms with E-state index in [4.69, 9.17) is 9.47 Å². The van der Waals surface area contributed by atoms with Crippen LogP contribution in [0.15, 0.2) is 0 Å². The van der Waals surface area contributed by atoms with E-state index in [-0.39, 0.29) is 35.8 Å². The molecule has 2 aliphatic rings. The molecule has 0 saturated carbocycles. The number of alkyl halides is 3. The van der Waals surface area contributed by atoms with Gasteiger partial charge in [0.25, 0.3) is 0 Å². The molecule has 18 heavy (non-hydrogen) atoms. The second-order valence-corrected chi connectivity index (χ2v) is 5.89. The summed E-state index contributed by atoms with van der Waals surface area (Å²) in [6.07, 6.45) is 2.69. The fourth-order valence-electron chi connectivity index (χ4n) is 2.51. The van der Waals surface area contributed by atoms with Crippen molar-refractivity contribution in [2.45, 2.75) is 36.5 Å². The Morgan fingerprint density at radius 2 is 2.06 bits per heavy atom. The Morgan fingerprint density at radius 3 is 2.72 bits per heavy atom. The smallest absolute Gasteiger partial charge is 0.375 e. The summed E-state index contributed by atoms with van der Waals surface area (Å²) in [5, 5.41) is 3.27. The molecule has 1 atom stereocenters. The topological polar surface area (TPSA) is 30.5 Å². The molecule has 0 aliphatic carbocycles. The molecule has 2 saturated heterocycles. The highest BCUT2D eigenvalue weighted by molar-refractivity contribution is 8.00. The van der Waals surface area contributed by atoms with Crippen LogP contribution < -0.4 is 5.32 Å². The number of halogens is 3. The minimum absolute atomic E-state index is 0.0318. The molecular formula is C11H18F3NO2S. The van der Waals surface area contributed by atoms with Crippen molar-refractivity contribution in [1.82, 2.24) is 5.32 Å². The maximum Gasteiger partial charge on any atom is 0.441 e. The van der Waals surface area contributed by atoms with Crippen LogP contribution in [0.25, 0.3) is 0 Å². The molecule has 0 aromatic heterocycles. The molecular weight excluding hydrogens is 267 g/mol. The Bertz CT molecular complexity index is 270. The molecule has 0 radical (unpaired) electrons. The fraction of sp³-hybridized carbons (Fsp3) is 1.00. The summed E-state index contributed by atoms with van der Waals surface area (Å²) in [4.78, 5) is 0. The van der Waals surface area contributed by atoms with Gasteiger partial charge in [0.2, 0.25) is 0 Å². The van der Waals surface area contributed by atoms with E-state index in [1.165, 1.54) is 0 Å². The molecule has 2 fully saturated rings. The van der Waals surface area contributed by atoms with E-state index in [9.17, 15) is 13.2 Å². The van der Waals surface area contributed by atoms with Crippen LogP contribution in [0.5, 0.6) is 0 Å². The number of piperidine rings is 1. The lowest BCUT2D eigenvalue weighted by Crippen LogP contribution is -2.41. The zero-order valence-electron chi connectivity index (χ0n) is 10.1. The van der Waals surface area contributed by atoms with E-state index >= 15 is 0 Å². The van der Waals surface area contributed by atoms with Gasteiger partial charge in [-0.15, -0.1) is 0 Å². The second-order valence-electron chi connectivity index (χ2n) is 4.74. The summed E-state index contributed by atoms with van der Waals surface area (Å²) in [5.41, 5.74) is -4.25. The van der Waals surface area contributed by atoms with E-state index in [1.54, 1.807) is 0 Å². The van der Waals surface area contributed by atoms with Crippen molar-refractivity contribution >= 4 is 11.8 Å². The van der Waals surface area contributed by atoms with Gasteiger partial charge < -0.3 is 14.8 Å². The third-order valence-corrected chi connectivity index (χ3v) is 4.09. The van der Waals surface area contributed by atoms with E-state index in [2.05, 4.69) is 5.32 Å². The highest BCUT2D eigenvalue weighted by Gasteiger charge is 2.41. The van der Waals surface area contributed by atoms with Gasteiger partial charge in [-0.2, -0.15) is 13.2 Å². The van der Waals surface area contributed by atoms with Gasteiger partial charge in [0.15, 0.2) is 0 Å². The molecule has 1 spiro atoms. The second kappa shape index (κ2) is 5.98. The fourth-order valence-corrected chi connectivity index (χ4v) is 2.92. The molecule has 2 rings (SSSR count). The highest BCUT2D eigenvalue weighted by Crippen LogP contribution is 2.35. The normalized spacial score (nSPS) is 27.8. The molecule has 106 valence electrons.